The van der Waals surface area contributed by atoms with Crippen molar-refractivity contribution in [1.82, 2.24) is 14.5 Å². The number of hydrogen-bond donors (Lipinski definition) is 2. The van der Waals surface area contributed by atoms with E-state index in [2.05, 4.69) is 21.4 Å². The summed E-state index contributed by atoms with van der Waals surface area (Å²) in [5.74, 6) is 0.0812. The quantitative estimate of drug-likeness (QED) is 0.440. The summed E-state index contributed by atoms with van der Waals surface area (Å²) in [7, 11) is 0. The molecule has 4 rings (SSSR count). The number of fused-ring (bicyclic) bond motifs is 1. The normalized spacial score (nSPS) is 10.6. The lowest BCUT2D eigenvalue weighted by Gasteiger charge is -2.11. The van der Waals surface area contributed by atoms with Gasteiger partial charge in [0.1, 0.15) is 18.0 Å². The second kappa shape index (κ2) is 9.83. The van der Waals surface area contributed by atoms with Crippen LogP contribution in [0.1, 0.15) is 34.8 Å². The first-order valence-corrected chi connectivity index (χ1v) is 10.6. The highest BCUT2D eigenvalue weighted by molar-refractivity contribution is 6.05. The van der Waals surface area contributed by atoms with Crippen molar-refractivity contribution < 1.29 is 9.53 Å². The van der Waals surface area contributed by atoms with Gasteiger partial charge in [0, 0.05) is 24.5 Å². The van der Waals surface area contributed by atoms with Crippen LogP contribution < -0.4 is 21.3 Å². The van der Waals surface area contributed by atoms with Crippen LogP contribution in [0.5, 0.6) is 5.75 Å². The first-order chi connectivity index (χ1) is 16.5. The van der Waals surface area contributed by atoms with Gasteiger partial charge in [-0.05, 0) is 42.3 Å². The highest BCUT2D eigenvalue weighted by Gasteiger charge is 2.13. The molecule has 2 N–H and O–H groups in total. The third-order valence-electron chi connectivity index (χ3n) is 5.10. The molecule has 9 nitrogen and oxygen atoms in total. The predicted molar refractivity (Wildman–Crippen MR) is 127 cm³/mol. The number of aryl methyl sites for hydroxylation is 1. The van der Waals surface area contributed by atoms with E-state index in [4.69, 9.17) is 10.00 Å². The Hall–Kier alpha value is -4.71. The number of H-pyrrole nitrogens is 1. The molecule has 0 fully saturated rings. The molecule has 0 aliphatic heterocycles. The number of anilines is 1. The number of benzene rings is 2. The molecule has 2 aromatic heterocycles. The number of rotatable bonds is 7. The van der Waals surface area contributed by atoms with Crippen molar-refractivity contribution in [1.29, 1.82) is 5.26 Å². The van der Waals surface area contributed by atoms with Crippen molar-refractivity contribution >= 4 is 22.6 Å². The Labute approximate surface area is 194 Å². The standard InChI is InChI=1S/C25H21N5O4/c1-2-9-30-22-21(24(32)29-25(30)33)11-18(14-27-22)23(31)28-19-7-4-8-20(12-19)34-15-17-6-3-5-16(10-17)13-26/h3-8,10-12,14H,2,9,15H2,1H3,(H,28,31)(H,29,32,33). The van der Waals surface area contributed by atoms with Crippen LogP contribution in [0.15, 0.2) is 70.4 Å². The first-order valence-electron chi connectivity index (χ1n) is 10.6. The molecule has 0 aliphatic carbocycles. The molecule has 0 bridgehead atoms. The summed E-state index contributed by atoms with van der Waals surface area (Å²) < 4.78 is 7.17. The SMILES string of the molecule is CCCn1c(=O)[nH]c(=O)c2cc(C(=O)Nc3cccc(OCc4cccc(C#N)c4)c3)cnc21. The third kappa shape index (κ3) is 4.86. The number of carbonyl (C=O) groups excluding carboxylic acids is 1. The lowest BCUT2D eigenvalue weighted by molar-refractivity contribution is 0.102. The number of carbonyl (C=O) groups is 1. The molecular weight excluding hydrogens is 434 g/mol. The van der Waals surface area contributed by atoms with Gasteiger partial charge in [0.2, 0.25) is 0 Å². The fraction of sp³-hybridized carbons (Fsp3) is 0.160. The van der Waals surface area contributed by atoms with Crippen LogP contribution >= 0.6 is 0 Å². The number of nitriles is 1. The maximum Gasteiger partial charge on any atom is 0.329 e. The molecule has 0 unspecified atom stereocenters. The number of nitrogens with zero attached hydrogens (tertiary/aromatic N) is 3. The van der Waals surface area contributed by atoms with Crippen molar-refractivity contribution in [2.24, 2.45) is 0 Å². The van der Waals surface area contributed by atoms with Gasteiger partial charge in [-0.2, -0.15) is 5.26 Å². The Morgan fingerprint density at radius 1 is 1.18 bits per heavy atom. The zero-order chi connectivity index (χ0) is 24.1. The van der Waals surface area contributed by atoms with E-state index in [-0.39, 0.29) is 23.2 Å². The molecule has 0 atom stereocenters. The summed E-state index contributed by atoms with van der Waals surface area (Å²) in [6.45, 7) is 2.58. The molecule has 0 aliphatic rings. The van der Waals surface area contributed by atoms with Crippen LogP contribution in [-0.4, -0.2) is 20.4 Å². The number of ether oxygens (including phenoxy) is 1. The Kier molecular flexibility index (Phi) is 6.50. The molecule has 0 saturated carbocycles. The van der Waals surface area contributed by atoms with Gasteiger partial charge in [0.25, 0.3) is 11.5 Å². The molecule has 0 saturated heterocycles. The van der Waals surface area contributed by atoms with E-state index in [1.165, 1.54) is 16.8 Å². The maximum atomic E-state index is 12.8. The van der Waals surface area contributed by atoms with Crippen LogP contribution in [0.4, 0.5) is 5.69 Å². The van der Waals surface area contributed by atoms with Crippen LogP contribution in [0.3, 0.4) is 0 Å². The zero-order valence-corrected chi connectivity index (χ0v) is 18.4. The molecule has 0 spiro atoms. The van der Waals surface area contributed by atoms with Crippen molar-refractivity contribution in [3.8, 4) is 11.8 Å². The van der Waals surface area contributed by atoms with Gasteiger partial charge >= 0.3 is 5.69 Å². The second-order valence-electron chi connectivity index (χ2n) is 7.59. The summed E-state index contributed by atoms with van der Waals surface area (Å²) >= 11 is 0. The molecule has 34 heavy (non-hydrogen) atoms. The smallest absolute Gasteiger partial charge is 0.329 e. The number of aromatic amines is 1. The number of hydrogen-bond acceptors (Lipinski definition) is 6. The summed E-state index contributed by atoms with van der Waals surface area (Å²) in [6.07, 6.45) is 2.03. The average molecular weight is 455 g/mol. The van der Waals surface area contributed by atoms with Crippen LogP contribution in [0, 0.1) is 11.3 Å². The summed E-state index contributed by atoms with van der Waals surface area (Å²) in [5.41, 5.74) is 1.20. The van der Waals surface area contributed by atoms with Gasteiger partial charge in [-0.25, -0.2) is 9.78 Å². The van der Waals surface area contributed by atoms with E-state index in [0.717, 1.165) is 5.56 Å². The highest BCUT2D eigenvalue weighted by Crippen LogP contribution is 2.20. The lowest BCUT2D eigenvalue weighted by Crippen LogP contribution is -2.31. The minimum Gasteiger partial charge on any atom is -0.489 e. The molecular formula is C25H21N5O4. The van der Waals surface area contributed by atoms with Crippen molar-refractivity contribution in [3.05, 3.63) is 98.3 Å². The van der Waals surface area contributed by atoms with E-state index in [1.54, 1.807) is 42.5 Å². The second-order valence-corrected chi connectivity index (χ2v) is 7.59. The Bertz CT molecular complexity index is 1530. The highest BCUT2D eigenvalue weighted by atomic mass is 16.5. The van der Waals surface area contributed by atoms with Crippen LogP contribution in [0.2, 0.25) is 0 Å². The van der Waals surface area contributed by atoms with E-state index in [9.17, 15) is 14.4 Å². The minimum absolute atomic E-state index is 0.164. The Balaban J connectivity index is 1.52. The van der Waals surface area contributed by atoms with Crippen molar-refractivity contribution in [2.75, 3.05) is 5.32 Å². The van der Waals surface area contributed by atoms with Gasteiger partial charge in [-0.15, -0.1) is 0 Å². The van der Waals surface area contributed by atoms with Crippen LogP contribution in [-0.2, 0) is 13.2 Å². The Morgan fingerprint density at radius 2 is 2.00 bits per heavy atom. The van der Waals surface area contributed by atoms with Gasteiger partial charge in [-0.1, -0.05) is 25.1 Å². The van der Waals surface area contributed by atoms with Crippen LogP contribution in [0.25, 0.3) is 11.0 Å². The number of aromatic nitrogens is 3. The van der Waals surface area contributed by atoms with Crippen molar-refractivity contribution in [3.63, 3.8) is 0 Å². The zero-order valence-electron chi connectivity index (χ0n) is 18.4. The maximum absolute atomic E-state index is 12.8. The monoisotopic (exact) mass is 455 g/mol. The first kappa shape index (κ1) is 22.5. The summed E-state index contributed by atoms with van der Waals surface area (Å²) in [4.78, 5) is 43.7. The number of pyridine rings is 1. The largest absolute Gasteiger partial charge is 0.489 e. The van der Waals surface area contributed by atoms with Crippen molar-refractivity contribution in [2.45, 2.75) is 26.5 Å². The van der Waals surface area contributed by atoms with Gasteiger partial charge < -0.3 is 10.1 Å². The molecule has 4 aromatic rings. The predicted octanol–water partition coefficient (Wildman–Crippen LogP) is 3.20. The number of nitrogens with one attached hydrogen (secondary N) is 2. The number of amides is 1. The Morgan fingerprint density at radius 3 is 2.79 bits per heavy atom. The molecule has 2 heterocycles. The molecule has 2 aromatic carbocycles. The van der Waals surface area contributed by atoms with E-state index in [1.807, 2.05) is 13.0 Å². The van der Waals surface area contributed by atoms with Gasteiger partial charge in [0.05, 0.1) is 22.6 Å². The topological polar surface area (TPSA) is 130 Å². The fourth-order valence-corrected chi connectivity index (χ4v) is 3.49. The van der Waals surface area contributed by atoms with E-state index in [0.29, 0.717) is 30.0 Å². The van der Waals surface area contributed by atoms with Gasteiger partial charge in [0.15, 0.2) is 0 Å². The molecule has 9 heteroatoms. The van der Waals surface area contributed by atoms with E-state index >= 15 is 0 Å². The fourth-order valence-electron chi connectivity index (χ4n) is 3.49. The van der Waals surface area contributed by atoms with E-state index < -0.39 is 17.2 Å². The lowest BCUT2D eigenvalue weighted by atomic mass is 10.1. The summed E-state index contributed by atoms with van der Waals surface area (Å²) in [6, 6.07) is 17.5. The summed E-state index contributed by atoms with van der Waals surface area (Å²) in [5, 5.41) is 11.9. The molecule has 170 valence electrons. The third-order valence-corrected chi connectivity index (χ3v) is 5.10. The molecule has 0 radical (unpaired) electrons. The average Bonchev–Trinajstić information content (AvgIpc) is 2.85. The minimum atomic E-state index is -0.592. The van der Waals surface area contributed by atoms with Gasteiger partial charge in [-0.3, -0.25) is 19.1 Å². The molecule has 1 amide bonds.